The zero-order valence-electron chi connectivity index (χ0n) is 3.60. The summed E-state index contributed by atoms with van der Waals surface area (Å²) in [5.41, 5.74) is 2.59. The van der Waals surface area contributed by atoms with Crippen LogP contribution in [0.15, 0.2) is 17.9 Å². The van der Waals surface area contributed by atoms with E-state index in [-0.39, 0.29) is 0 Å². The molecule has 0 fully saturated rings. The van der Waals surface area contributed by atoms with E-state index < -0.39 is 0 Å². The van der Waals surface area contributed by atoms with Crippen molar-refractivity contribution in [2.45, 2.75) is 6.92 Å². The third-order valence-corrected chi connectivity index (χ3v) is 0.315. The van der Waals surface area contributed by atoms with Gasteiger partial charge in [0.2, 0.25) is 0 Å². The molecule has 0 radical (unpaired) electrons. The molecule has 0 aromatic carbocycles. The fraction of sp³-hybridized carbons (Fsp3) is 0.200. The average Bonchev–Trinajstić information content (AvgIpc) is 1.61. The predicted molar refractivity (Wildman–Crippen MR) is 23.9 cm³/mol. The van der Waals surface area contributed by atoms with Crippen LogP contribution in [0.5, 0.6) is 0 Å². The minimum atomic E-state index is 1.31. The van der Waals surface area contributed by atoms with Crippen LogP contribution in [0.4, 0.5) is 0 Å². The lowest BCUT2D eigenvalue weighted by Crippen LogP contribution is -1.33. The maximum Gasteiger partial charge on any atom is 0.0996 e. The lowest BCUT2D eigenvalue weighted by atomic mass is 10.6. The smallest absolute Gasteiger partial charge is 0.0996 e. The van der Waals surface area contributed by atoms with Gasteiger partial charge in [-0.2, -0.15) is 5.26 Å². The standard InChI is InChI=1S/C5H5N/c1-2-3-4-5-6/h2,4H,1H3. The largest absolute Gasteiger partial charge is 0.192 e. The highest BCUT2D eigenvalue weighted by Gasteiger charge is 1.45. The summed E-state index contributed by atoms with van der Waals surface area (Å²) in [4.78, 5) is 0. The van der Waals surface area contributed by atoms with Crippen LogP contribution in [0.25, 0.3) is 0 Å². The van der Waals surface area contributed by atoms with Crippen molar-refractivity contribution in [1.82, 2.24) is 0 Å². The van der Waals surface area contributed by atoms with Gasteiger partial charge in [0.1, 0.15) is 0 Å². The molecule has 1 heteroatoms. The first-order valence-corrected chi connectivity index (χ1v) is 1.67. The number of hydrogen-bond acceptors (Lipinski definition) is 1. The van der Waals surface area contributed by atoms with Gasteiger partial charge < -0.3 is 0 Å². The molecule has 0 aliphatic rings. The molecule has 1 nitrogen and oxygen atoms in total. The Balaban J connectivity index is 3.56. The molecule has 30 valence electrons. The van der Waals surface area contributed by atoms with E-state index >= 15 is 0 Å². The highest BCUT2D eigenvalue weighted by molar-refractivity contribution is 5.00. The van der Waals surface area contributed by atoms with Gasteiger partial charge in [0, 0.05) is 0 Å². The van der Waals surface area contributed by atoms with Crippen LogP contribution in [-0.2, 0) is 0 Å². The van der Waals surface area contributed by atoms with Gasteiger partial charge in [0.05, 0.1) is 12.1 Å². The lowest BCUT2D eigenvalue weighted by Gasteiger charge is -1.47. The Hall–Kier alpha value is -0.990. The van der Waals surface area contributed by atoms with Crippen LogP contribution in [0.1, 0.15) is 6.92 Å². The van der Waals surface area contributed by atoms with Crippen LogP contribution in [0.3, 0.4) is 0 Å². The van der Waals surface area contributed by atoms with Gasteiger partial charge in [-0.3, -0.25) is 0 Å². The van der Waals surface area contributed by atoms with E-state index in [2.05, 4.69) is 5.73 Å². The molecule has 0 bridgehead atoms. The molecule has 0 aromatic rings. The highest BCUT2D eigenvalue weighted by atomic mass is 14.2. The minimum absolute atomic E-state index is 1.31. The van der Waals surface area contributed by atoms with Crippen molar-refractivity contribution in [2.24, 2.45) is 0 Å². The first-order valence-electron chi connectivity index (χ1n) is 1.67. The van der Waals surface area contributed by atoms with E-state index in [1.807, 2.05) is 6.92 Å². The number of hydrogen-bond donors (Lipinski definition) is 0. The zero-order valence-corrected chi connectivity index (χ0v) is 3.60. The van der Waals surface area contributed by atoms with Crippen LogP contribution < -0.4 is 0 Å². The average molecular weight is 79.1 g/mol. The summed E-state index contributed by atoms with van der Waals surface area (Å²) in [6.45, 7) is 1.81. The molecule has 0 atom stereocenters. The molecule has 0 saturated heterocycles. The summed E-state index contributed by atoms with van der Waals surface area (Å²) in [5.74, 6) is 0. The first-order chi connectivity index (χ1) is 2.91. The van der Waals surface area contributed by atoms with Crippen molar-refractivity contribution in [2.75, 3.05) is 0 Å². The van der Waals surface area contributed by atoms with E-state index in [0.717, 1.165) is 0 Å². The lowest BCUT2D eigenvalue weighted by molar-refractivity contribution is 1.53. The van der Waals surface area contributed by atoms with Crippen LogP contribution >= 0.6 is 0 Å². The Morgan fingerprint density at radius 2 is 2.33 bits per heavy atom. The summed E-state index contributed by atoms with van der Waals surface area (Å²) < 4.78 is 0. The van der Waals surface area contributed by atoms with Gasteiger partial charge in [-0.25, -0.2) is 0 Å². The first kappa shape index (κ1) is 5.01. The van der Waals surface area contributed by atoms with Gasteiger partial charge in [-0.1, -0.05) is 0 Å². The van der Waals surface area contributed by atoms with E-state index in [4.69, 9.17) is 5.26 Å². The normalized spacial score (nSPS) is 4.67. The van der Waals surface area contributed by atoms with Crippen LogP contribution in [0, 0.1) is 11.3 Å². The van der Waals surface area contributed by atoms with Crippen molar-refractivity contribution in [3.8, 4) is 6.07 Å². The van der Waals surface area contributed by atoms with Gasteiger partial charge in [-0.05, 0) is 13.0 Å². The quantitative estimate of drug-likeness (QED) is 0.316. The van der Waals surface area contributed by atoms with Crippen molar-refractivity contribution >= 4 is 0 Å². The highest BCUT2D eigenvalue weighted by Crippen LogP contribution is 1.58. The zero-order chi connectivity index (χ0) is 4.83. The van der Waals surface area contributed by atoms with Crippen molar-refractivity contribution < 1.29 is 0 Å². The van der Waals surface area contributed by atoms with Gasteiger partial charge in [0.15, 0.2) is 0 Å². The number of allylic oxidation sites excluding steroid dienone is 1. The SMILES string of the molecule is CC=C=CC#N. The third kappa shape index (κ3) is 3.01. The van der Waals surface area contributed by atoms with Gasteiger partial charge >= 0.3 is 0 Å². The molecule has 0 saturated carbocycles. The Kier molecular flexibility index (Phi) is 3.35. The van der Waals surface area contributed by atoms with Crippen molar-refractivity contribution in [3.63, 3.8) is 0 Å². The second kappa shape index (κ2) is 4.01. The van der Waals surface area contributed by atoms with Crippen molar-refractivity contribution in [3.05, 3.63) is 17.9 Å². The third-order valence-electron chi connectivity index (χ3n) is 0.315. The second-order valence-corrected chi connectivity index (χ2v) is 0.729. The van der Waals surface area contributed by atoms with Crippen LogP contribution in [-0.4, -0.2) is 0 Å². The van der Waals surface area contributed by atoms with Crippen LogP contribution in [0.2, 0.25) is 0 Å². The van der Waals surface area contributed by atoms with E-state index in [1.165, 1.54) is 6.08 Å². The molecule has 0 aliphatic carbocycles. The maximum absolute atomic E-state index is 7.81. The Labute approximate surface area is 37.2 Å². The molecule has 0 aromatic heterocycles. The number of nitriles is 1. The molecule has 0 N–H and O–H groups in total. The Bertz CT molecular complexity index is 110. The minimum Gasteiger partial charge on any atom is -0.192 e. The Morgan fingerprint density at radius 3 is 2.50 bits per heavy atom. The number of rotatable bonds is 0. The topological polar surface area (TPSA) is 23.8 Å². The van der Waals surface area contributed by atoms with Crippen molar-refractivity contribution in [1.29, 1.82) is 5.26 Å². The number of nitrogens with zero attached hydrogens (tertiary/aromatic N) is 1. The second-order valence-electron chi connectivity index (χ2n) is 0.729. The van der Waals surface area contributed by atoms with E-state index in [1.54, 1.807) is 12.1 Å². The summed E-state index contributed by atoms with van der Waals surface area (Å²) in [7, 11) is 0. The van der Waals surface area contributed by atoms with Gasteiger partial charge in [0.25, 0.3) is 0 Å². The summed E-state index contributed by atoms with van der Waals surface area (Å²) in [6.07, 6.45) is 2.99. The summed E-state index contributed by atoms with van der Waals surface area (Å²) in [5, 5.41) is 7.81. The molecule has 0 heterocycles. The Morgan fingerprint density at radius 1 is 1.67 bits per heavy atom. The molecular formula is C5H5N. The van der Waals surface area contributed by atoms with Gasteiger partial charge in [-0.15, -0.1) is 5.73 Å². The fourth-order valence-electron chi connectivity index (χ4n) is 0.121. The van der Waals surface area contributed by atoms with E-state index in [0.29, 0.717) is 0 Å². The molecule has 0 aliphatic heterocycles. The maximum atomic E-state index is 7.81. The molecule has 0 amide bonds. The summed E-state index contributed by atoms with van der Waals surface area (Å²) >= 11 is 0. The molecule has 0 rings (SSSR count). The van der Waals surface area contributed by atoms with E-state index in [9.17, 15) is 0 Å². The predicted octanol–water partition coefficient (Wildman–Crippen LogP) is 1.24. The summed E-state index contributed by atoms with van der Waals surface area (Å²) in [6, 6.07) is 1.80. The molecule has 0 unspecified atom stereocenters. The fourth-order valence-corrected chi connectivity index (χ4v) is 0.121. The molecular weight excluding hydrogens is 74.1 g/mol. The molecule has 6 heavy (non-hydrogen) atoms. The molecule has 0 spiro atoms. The monoisotopic (exact) mass is 79.0 g/mol.